The fraction of sp³-hybridized carbons (Fsp3) is 0.333. The van der Waals surface area contributed by atoms with Gasteiger partial charge >= 0.3 is 0 Å². The Hall–Kier alpha value is -1.71. The summed E-state index contributed by atoms with van der Waals surface area (Å²) in [7, 11) is 0. The lowest BCUT2D eigenvalue weighted by molar-refractivity contribution is -0.138. The Bertz CT molecular complexity index is 415. The summed E-state index contributed by atoms with van der Waals surface area (Å²) < 4.78 is 12.9. The molecule has 0 unspecified atom stereocenters. The molecule has 0 radical (unpaired) electrons. The van der Waals surface area contributed by atoms with Crippen molar-refractivity contribution >= 4 is 11.8 Å². The number of carbonyl (C=O) groups is 2. The van der Waals surface area contributed by atoms with E-state index in [1.54, 1.807) is 12.1 Å². The van der Waals surface area contributed by atoms with Gasteiger partial charge in [0.25, 0.3) is 0 Å². The molecule has 2 amide bonds. The maximum absolute atomic E-state index is 12.9. The van der Waals surface area contributed by atoms with Crippen molar-refractivity contribution in [2.24, 2.45) is 0 Å². The Balaban J connectivity index is 1.97. The topological polar surface area (TPSA) is 37.4 Å². The lowest BCUT2D eigenvalue weighted by Crippen LogP contribution is -2.31. The van der Waals surface area contributed by atoms with Crippen LogP contribution in [-0.4, -0.2) is 23.3 Å². The maximum Gasteiger partial charge on any atom is 0.229 e. The summed E-state index contributed by atoms with van der Waals surface area (Å²) in [5.41, 5.74) is 0.799. The number of likely N-dealkylation sites (tertiary alicyclic amines) is 1. The van der Waals surface area contributed by atoms with Gasteiger partial charge in [0.2, 0.25) is 11.8 Å². The van der Waals surface area contributed by atoms with Gasteiger partial charge in [-0.05, 0) is 24.1 Å². The van der Waals surface area contributed by atoms with Gasteiger partial charge in [0.1, 0.15) is 5.82 Å². The van der Waals surface area contributed by atoms with Gasteiger partial charge in [-0.25, -0.2) is 4.39 Å². The van der Waals surface area contributed by atoms with Crippen molar-refractivity contribution in [3.63, 3.8) is 0 Å². The van der Waals surface area contributed by atoms with Crippen molar-refractivity contribution in [1.82, 2.24) is 4.90 Å². The number of halogens is 1. The molecule has 0 spiro atoms. The summed E-state index contributed by atoms with van der Waals surface area (Å²) in [5.74, 6) is -0.542. The first-order chi connectivity index (χ1) is 7.66. The molecule has 1 aromatic carbocycles. The summed E-state index contributed by atoms with van der Waals surface area (Å²) >= 11 is 0. The van der Waals surface area contributed by atoms with Crippen LogP contribution in [0.25, 0.3) is 0 Å². The SMILES string of the molecule is O=C1CCC(=O)N1CCc1cccc(F)c1. The summed E-state index contributed by atoms with van der Waals surface area (Å²) in [6.45, 7) is 0.348. The number of amides is 2. The van der Waals surface area contributed by atoms with Crippen LogP contribution in [0, 0.1) is 5.82 Å². The van der Waals surface area contributed by atoms with Crippen LogP contribution >= 0.6 is 0 Å². The lowest BCUT2D eigenvalue weighted by atomic mass is 10.1. The molecular formula is C12H12FNO2. The molecule has 0 aromatic heterocycles. The number of carbonyl (C=O) groups excluding carboxylic acids is 2. The first-order valence-electron chi connectivity index (χ1n) is 5.24. The van der Waals surface area contributed by atoms with Gasteiger partial charge in [-0.1, -0.05) is 12.1 Å². The van der Waals surface area contributed by atoms with E-state index in [2.05, 4.69) is 0 Å². The van der Waals surface area contributed by atoms with Crippen molar-refractivity contribution < 1.29 is 14.0 Å². The quantitative estimate of drug-likeness (QED) is 0.726. The molecule has 0 atom stereocenters. The molecule has 1 aliphatic rings. The molecule has 2 rings (SSSR count). The van der Waals surface area contributed by atoms with Gasteiger partial charge in [0, 0.05) is 19.4 Å². The van der Waals surface area contributed by atoms with Gasteiger partial charge in [0.05, 0.1) is 0 Å². The van der Waals surface area contributed by atoms with E-state index >= 15 is 0 Å². The van der Waals surface area contributed by atoms with Crippen molar-refractivity contribution in [3.8, 4) is 0 Å². The zero-order valence-electron chi connectivity index (χ0n) is 8.78. The van der Waals surface area contributed by atoms with Crippen LogP contribution in [-0.2, 0) is 16.0 Å². The van der Waals surface area contributed by atoms with Crippen molar-refractivity contribution in [1.29, 1.82) is 0 Å². The highest BCUT2D eigenvalue weighted by molar-refractivity contribution is 6.01. The Morgan fingerprint density at radius 3 is 2.50 bits per heavy atom. The molecule has 0 saturated carbocycles. The van der Waals surface area contributed by atoms with Gasteiger partial charge in [-0.2, -0.15) is 0 Å². The molecule has 4 heteroatoms. The van der Waals surface area contributed by atoms with E-state index in [0.717, 1.165) is 5.56 Å². The minimum atomic E-state index is -0.295. The Morgan fingerprint density at radius 1 is 1.19 bits per heavy atom. The normalized spacial score (nSPS) is 15.9. The van der Waals surface area contributed by atoms with Crippen LogP contribution in [0.5, 0.6) is 0 Å². The number of imide groups is 1. The molecule has 0 N–H and O–H groups in total. The van der Waals surface area contributed by atoms with Gasteiger partial charge in [-0.3, -0.25) is 14.5 Å². The summed E-state index contributed by atoms with van der Waals surface area (Å²) in [6.07, 6.45) is 1.12. The van der Waals surface area contributed by atoms with Crippen molar-refractivity contribution in [2.75, 3.05) is 6.54 Å². The number of nitrogens with zero attached hydrogens (tertiary/aromatic N) is 1. The molecule has 0 bridgehead atoms. The van der Waals surface area contributed by atoms with Crippen LogP contribution in [0.4, 0.5) is 4.39 Å². The van der Waals surface area contributed by atoms with E-state index in [1.807, 2.05) is 0 Å². The molecule has 1 heterocycles. The van der Waals surface area contributed by atoms with E-state index in [0.29, 0.717) is 25.8 Å². The highest BCUT2D eigenvalue weighted by atomic mass is 19.1. The van der Waals surface area contributed by atoms with E-state index in [-0.39, 0.29) is 17.6 Å². The minimum absolute atomic E-state index is 0.124. The zero-order chi connectivity index (χ0) is 11.5. The van der Waals surface area contributed by atoms with E-state index in [1.165, 1.54) is 17.0 Å². The Labute approximate surface area is 92.9 Å². The number of benzene rings is 1. The Morgan fingerprint density at radius 2 is 1.88 bits per heavy atom. The van der Waals surface area contributed by atoms with E-state index < -0.39 is 0 Å². The molecule has 1 fully saturated rings. The molecule has 1 aliphatic heterocycles. The predicted molar refractivity (Wildman–Crippen MR) is 56.1 cm³/mol. The maximum atomic E-state index is 12.9. The van der Waals surface area contributed by atoms with Crippen LogP contribution in [0.15, 0.2) is 24.3 Å². The first-order valence-corrected chi connectivity index (χ1v) is 5.24. The van der Waals surface area contributed by atoms with Gasteiger partial charge in [0.15, 0.2) is 0 Å². The predicted octanol–water partition coefficient (Wildman–Crippen LogP) is 1.52. The van der Waals surface area contributed by atoms with Gasteiger partial charge in [-0.15, -0.1) is 0 Å². The summed E-state index contributed by atoms with van der Waals surface area (Å²) in [6, 6.07) is 6.20. The van der Waals surface area contributed by atoms with Gasteiger partial charge < -0.3 is 0 Å². The van der Waals surface area contributed by atoms with Crippen LogP contribution in [0.1, 0.15) is 18.4 Å². The smallest absolute Gasteiger partial charge is 0.229 e. The number of hydrogen-bond donors (Lipinski definition) is 0. The summed E-state index contributed by atoms with van der Waals surface area (Å²) in [4.78, 5) is 23.9. The van der Waals surface area contributed by atoms with Crippen LogP contribution in [0.2, 0.25) is 0 Å². The van der Waals surface area contributed by atoms with Crippen molar-refractivity contribution in [3.05, 3.63) is 35.6 Å². The average molecular weight is 221 g/mol. The number of rotatable bonds is 3. The fourth-order valence-electron chi connectivity index (χ4n) is 1.81. The third-order valence-corrected chi connectivity index (χ3v) is 2.67. The molecule has 1 aromatic rings. The zero-order valence-corrected chi connectivity index (χ0v) is 8.78. The molecule has 0 aliphatic carbocycles. The third-order valence-electron chi connectivity index (χ3n) is 2.67. The second-order valence-corrected chi connectivity index (χ2v) is 3.82. The van der Waals surface area contributed by atoms with E-state index in [4.69, 9.17) is 0 Å². The van der Waals surface area contributed by atoms with E-state index in [9.17, 15) is 14.0 Å². The standard InChI is InChI=1S/C12H12FNO2/c13-10-3-1-2-9(8-10)6-7-14-11(15)4-5-12(14)16/h1-3,8H,4-7H2. The summed E-state index contributed by atoms with van der Waals surface area (Å²) in [5, 5.41) is 0. The highest BCUT2D eigenvalue weighted by Gasteiger charge is 2.27. The fourth-order valence-corrected chi connectivity index (χ4v) is 1.81. The molecule has 3 nitrogen and oxygen atoms in total. The molecule has 1 saturated heterocycles. The van der Waals surface area contributed by atoms with Crippen LogP contribution < -0.4 is 0 Å². The minimum Gasteiger partial charge on any atom is -0.282 e. The first kappa shape index (κ1) is 10.8. The second kappa shape index (κ2) is 4.43. The largest absolute Gasteiger partial charge is 0.282 e. The molecular weight excluding hydrogens is 209 g/mol. The number of hydrogen-bond acceptors (Lipinski definition) is 2. The monoisotopic (exact) mass is 221 g/mol. The highest BCUT2D eigenvalue weighted by Crippen LogP contribution is 2.13. The van der Waals surface area contributed by atoms with Crippen LogP contribution in [0.3, 0.4) is 0 Å². The molecule has 84 valence electrons. The average Bonchev–Trinajstić information content (AvgIpc) is 2.56. The lowest BCUT2D eigenvalue weighted by Gasteiger charge is -2.13. The second-order valence-electron chi connectivity index (χ2n) is 3.82. The van der Waals surface area contributed by atoms with Crippen molar-refractivity contribution in [2.45, 2.75) is 19.3 Å². The molecule has 16 heavy (non-hydrogen) atoms. The Kier molecular flexibility index (Phi) is 2.99. The third kappa shape index (κ3) is 2.27.